The van der Waals surface area contributed by atoms with Crippen LogP contribution in [-0.2, 0) is 0 Å². The minimum Gasteiger partial charge on any atom is -0.363 e. The molecule has 1 aromatic rings. The van der Waals surface area contributed by atoms with Crippen molar-refractivity contribution in [2.24, 2.45) is 5.92 Å². The van der Waals surface area contributed by atoms with Crippen LogP contribution in [0.25, 0.3) is 0 Å². The molecule has 2 rings (SSSR count). The first-order chi connectivity index (χ1) is 8.99. The van der Waals surface area contributed by atoms with Crippen molar-refractivity contribution in [3.63, 3.8) is 0 Å². The number of hydrogen-bond donors (Lipinski definition) is 0. The second-order valence-electron chi connectivity index (χ2n) is 6.29. The minimum absolute atomic E-state index is 0.575. The van der Waals surface area contributed by atoms with E-state index in [2.05, 4.69) is 42.7 Å². The van der Waals surface area contributed by atoms with Gasteiger partial charge in [0.15, 0.2) is 0 Å². The third kappa shape index (κ3) is 3.27. The molecule has 1 aliphatic rings. The Morgan fingerprint density at radius 1 is 1.37 bits per heavy atom. The molecule has 3 heteroatoms. The molecule has 1 saturated heterocycles. The van der Waals surface area contributed by atoms with Crippen LogP contribution in [0.2, 0.25) is 0 Å². The van der Waals surface area contributed by atoms with Crippen molar-refractivity contribution >= 4 is 5.82 Å². The van der Waals surface area contributed by atoms with Crippen molar-refractivity contribution in [2.45, 2.75) is 39.7 Å². The second kappa shape index (κ2) is 5.91. The summed E-state index contributed by atoms with van der Waals surface area (Å²) in [6.07, 6.45) is 2.59. The Bertz CT molecular complexity index is 426. The highest BCUT2D eigenvalue weighted by atomic mass is 15.2. The van der Waals surface area contributed by atoms with Crippen LogP contribution >= 0.6 is 0 Å². The molecule has 0 amide bonds. The van der Waals surface area contributed by atoms with Gasteiger partial charge in [-0.05, 0) is 43.9 Å². The van der Waals surface area contributed by atoms with Crippen molar-refractivity contribution in [3.8, 4) is 0 Å². The molecule has 3 nitrogen and oxygen atoms in total. The monoisotopic (exact) mass is 261 g/mol. The van der Waals surface area contributed by atoms with E-state index in [1.54, 1.807) is 0 Å². The van der Waals surface area contributed by atoms with Gasteiger partial charge in [0, 0.05) is 32.4 Å². The molecular formula is C16H27N3. The fourth-order valence-electron chi connectivity index (χ4n) is 3.03. The van der Waals surface area contributed by atoms with Crippen molar-refractivity contribution in [2.75, 3.05) is 32.1 Å². The molecule has 0 spiro atoms. The standard InChI is InChI=1S/C16H27N3/c1-12(2)11-19-10-6-7-15(19)14-8-9-16(18(4)5)17-13(14)3/h8-9,12,15H,6-7,10-11H2,1-5H3. The van der Waals surface area contributed by atoms with Gasteiger partial charge in [-0.2, -0.15) is 0 Å². The summed E-state index contributed by atoms with van der Waals surface area (Å²) >= 11 is 0. The van der Waals surface area contributed by atoms with Crippen LogP contribution in [0.3, 0.4) is 0 Å². The predicted molar refractivity (Wildman–Crippen MR) is 81.7 cm³/mol. The summed E-state index contributed by atoms with van der Waals surface area (Å²) in [7, 11) is 4.09. The van der Waals surface area contributed by atoms with Crippen LogP contribution < -0.4 is 4.90 Å². The lowest BCUT2D eigenvalue weighted by Crippen LogP contribution is -2.28. The quantitative estimate of drug-likeness (QED) is 0.829. The van der Waals surface area contributed by atoms with Crippen LogP contribution in [0, 0.1) is 12.8 Å². The summed E-state index contributed by atoms with van der Waals surface area (Å²) in [4.78, 5) is 9.43. The normalized spacial score (nSPS) is 20.2. The summed E-state index contributed by atoms with van der Waals surface area (Å²) in [6, 6.07) is 5.00. The average molecular weight is 261 g/mol. The van der Waals surface area contributed by atoms with E-state index in [0.29, 0.717) is 6.04 Å². The Morgan fingerprint density at radius 2 is 2.11 bits per heavy atom. The molecule has 0 bridgehead atoms. The topological polar surface area (TPSA) is 19.4 Å². The predicted octanol–water partition coefficient (Wildman–Crippen LogP) is 3.25. The second-order valence-corrected chi connectivity index (χ2v) is 6.29. The van der Waals surface area contributed by atoms with Gasteiger partial charge in [-0.1, -0.05) is 19.9 Å². The van der Waals surface area contributed by atoms with E-state index in [0.717, 1.165) is 11.7 Å². The Morgan fingerprint density at radius 3 is 2.68 bits per heavy atom. The molecule has 1 fully saturated rings. The molecule has 1 aromatic heterocycles. The van der Waals surface area contributed by atoms with E-state index in [1.807, 2.05) is 14.1 Å². The maximum absolute atomic E-state index is 4.73. The Kier molecular flexibility index (Phi) is 4.46. The number of nitrogens with zero attached hydrogens (tertiary/aromatic N) is 3. The van der Waals surface area contributed by atoms with Gasteiger partial charge in [-0.15, -0.1) is 0 Å². The zero-order valence-corrected chi connectivity index (χ0v) is 13.0. The first-order valence-corrected chi connectivity index (χ1v) is 7.38. The van der Waals surface area contributed by atoms with Crippen molar-refractivity contribution < 1.29 is 0 Å². The average Bonchev–Trinajstić information content (AvgIpc) is 2.75. The van der Waals surface area contributed by atoms with Crippen LogP contribution in [-0.4, -0.2) is 37.1 Å². The molecule has 0 saturated carbocycles. The molecule has 0 radical (unpaired) electrons. The van der Waals surface area contributed by atoms with Crippen LogP contribution in [0.5, 0.6) is 0 Å². The zero-order chi connectivity index (χ0) is 14.0. The van der Waals surface area contributed by atoms with E-state index in [9.17, 15) is 0 Å². The summed E-state index contributed by atoms with van der Waals surface area (Å²) in [5.74, 6) is 1.78. The first-order valence-electron chi connectivity index (χ1n) is 7.38. The van der Waals surface area contributed by atoms with E-state index < -0.39 is 0 Å². The van der Waals surface area contributed by atoms with Gasteiger partial charge in [0.2, 0.25) is 0 Å². The van der Waals surface area contributed by atoms with Gasteiger partial charge < -0.3 is 4.90 Å². The molecule has 1 atom stereocenters. The lowest BCUT2D eigenvalue weighted by Gasteiger charge is -2.27. The highest BCUT2D eigenvalue weighted by molar-refractivity contribution is 5.41. The SMILES string of the molecule is Cc1nc(N(C)C)ccc1C1CCCN1CC(C)C. The fraction of sp³-hybridized carbons (Fsp3) is 0.688. The number of rotatable bonds is 4. The summed E-state index contributed by atoms with van der Waals surface area (Å²) in [5.41, 5.74) is 2.61. The van der Waals surface area contributed by atoms with Crippen molar-refractivity contribution in [1.82, 2.24) is 9.88 Å². The van der Waals surface area contributed by atoms with E-state index >= 15 is 0 Å². The van der Waals surface area contributed by atoms with Gasteiger partial charge in [-0.25, -0.2) is 4.98 Å². The van der Waals surface area contributed by atoms with Gasteiger partial charge in [0.05, 0.1) is 0 Å². The largest absolute Gasteiger partial charge is 0.363 e. The Labute approximate surface area is 117 Å². The van der Waals surface area contributed by atoms with E-state index in [4.69, 9.17) is 4.98 Å². The summed E-state index contributed by atoms with van der Waals surface area (Å²) < 4.78 is 0. The molecule has 1 aliphatic heterocycles. The Balaban J connectivity index is 2.21. The minimum atomic E-state index is 0.575. The smallest absolute Gasteiger partial charge is 0.128 e. The summed E-state index contributed by atoms with van der Waals surface area (Å²) in [5, 5.41) is 0. The third-order valence-corrected chi connectivity index (χ3v) is 3.89. The number of hydrogen-bond acceptors (Lipinski definition) is 3. The maximum atomic E-state index is 4.73. The fourth-order valence-corrected chi connectivity index (χ4v) is 3.03. The van der Waals surface area contributed by atoms with Gasteiger partial charge in [0.1, 0.15) is 5.82 Å². The van der Waals surface area contributed by atoms with Crippen LogP contribution in [0.1, 0.15) is 44.0 Å². The van der Waals surface area contributed by atoms with Crippen LogP contribution in [0.15, 0.2) is 12.1 Å². The molecule has 2 heterocycles. The molecular weight excluding hydrogens is 234 g/mol. The lowest BCUT2D eigenvalue weighted by molar-refractivity contribution is 0.228. The number of aryl methyl sites for hydroxylation is 1. The van der Waals surface area contributed by atoms with Crippen molar-refractivity contribution in [1.29, 1.82) is 0 Å². The Hall–Kier alpha value is -1.09. The van der Waals surface area contributed by atoms with Gasteiger partial charge >= 0.3 is 0 Å². The van der Waals surface area contributed by atoms with Crippen molar-refractivity contribution in [3.05, 3.63) is 23.4 Å². The third-order valence-electron chi connectivity index (χ3n) is 3.89. The first kappa shape index (κ1) is 14.3. The van der Waals surface area contributed by atoms with Gasteiger partial charge in [0.25, 0.3) is 0 Å². The number of aromatic nitrogens is 1. The summed E-state index contributed by atoms with van der Waals surface area (Å²) in [6.45, 7) is 9.18. The zero-order valence-electron chi connectivity index (χ0n) is 13.0. The highest BCUT2D eigenvalue weighted by Crippen LogP contribution is 2.34. The van der Waals surface area contributed by atoms with Crippen LogP contribution in [0.4, 0.5) is 5.82 Å². The molecule has 106 valence electrons. The number of anilines is 1. The molecule has 19 heavy (non-hydrogen) atoms. The van der Waals surface area contributed by atoms with Gasteiger partial charge in [-0.3, -0.25) is 4.90 Å². The maximum Gasteiger partial charge on any atom is 0.128 e. The highest BCUT2D eigenvalue weighted by Gasteiger charge is 2.27. The van der Waals surface area contributed by atoms with E-state index in [1.165, 1.54) is 37.2 Å². The lowest BCUT2D eigenvalue weighted by atomic mass is 10.0. The van der Waals surface area contributed by atoms with E-state index in [-0.39, 0.29) is 0 Å². The molecule has 1 unspecified atom stereocenters. The molecule has 0 aliphatic carbocycles. The number of likely N-dealkylation sites (tertiary alicyclic amines) is 1. The molecule has 0 aromatic carbocycles. The molecule has 0 N–H and O–H groups in total. The number of pyridine rings is 1.